The molecule has 8 heteroatoms. The van der Waals surface area contributed by atoms with Gasteiger partial charge in [-0.15, -0.1) is 0 Å². The molecule has 1 aromatic carbocycles. The van der Waals surface area contributed by atoms with Crippen molar-refractivity contribution >= 4 is 5.97 Å². The molecule has 1 fully saturated rings. The van der Waals surface area contributed by atoms with E-state index in [1.54, 1.807) is 0 Å². The zero-order valence-electron chi connectivity index (χ0n) is 10.8. The highest BCUT2D eigenvalue weighted by Crippen LogP contribution is 2.46. The Morgan fingerprint density at radius 1 is 1.24 bits per heavy atom. The molecule has 1 aliphatic rings. The van der Waals surface area contributed by atoms with Crippen LogP contribution in [0.4, 0.5) is 22.0 Å². The summed E-state index contributed by atoms with van der Waals surface area (Å²) in [5.74, 6) is -3.59. The van der Waals surface area contributed by atoms with Gasteiger partial charge in [0.25, 0.3) is 0 Å². The molecule has 1 unspecified atom stereocenters. The Morgan fingerprint density at radius 3 is 2.24 bits per heavy atom. The number of nitrogens with zero attached hydrogens (tertiary/aromatic N) is 1. The van der Waals surface area contributed by atoms with Crippen LogP contribution in [0.2, 0.25) is 0 Å². The van der Waals surface area contributed by atoms with Crippen molar-refractivity contribution in [2.24, 2.45) is 5.41 Å². The van der Waals surface area contributed by atoms with E-state index in [1.165, 1.54) is 4.90 Å². The van der Waals surface area contributed by atoms with Gasteiger partial charge in [-0.25, -0.2) is 8.78 Å². The van der Waals surface area contributed by atoms with E-state index in [2.05, 4.69) is 0 Å². The third-order valence-corrected chi connectivity index (χ3v) is 3.63. The number of aliphatic carboxylic acids is 1. The largest absolute Gasteiger partial charge is 0.481 e. The number of hydrogen-bond donors (Lipinski definition) is 1. The summed E-state index contributed by atoms with van der Waals surface area (Å²) in [6.45, 7) is -0.978. The van der Waals surface area contributed by atoms with E-state index in [0.29, 0.717) is 6.07 Å². The summed E-state index contributed by atoms with van der Waals surface area (Å²) in [5.41, 5.74) is -2.66. The fourth-order valence-corrected chi connectivity index (χ4v) is 2.51. The molecule has 1 N–H and O–H groups in total. The van der Waals surface area contributed by atoms with Crippen LogP contribution in [-0.2, 0) is 11.3 Å². The van der Waals surface area contributed by atoms with Crippen molar-refractivity contribution in [3.63, 3.8) is 0 Å². The Morgan fingerprint density at radius 2 is 1.81 bits per heavy atom. The lowest BCUT2D eigenvalue weighted by Crippen LogP contribution is -2.47. The highest BCUT2D eigenvalue weighted by atomic mass is 19.4. The molecule has 21 heavy (non-hydrogen) atoms. The third-order valence-electron chi connectivity index (χ3n) is 3.63. The van der Waals surface area contributed by atoms with E-state index in [1.807, 2.05) is 0 Å². The minimum atomic E-state index is -4.87. The van der Waals surface area contributed by atoms with E-state index >= 15 is 0 Å². The fraction of sp³-hybridized carbons (Fsp3) is 0.462. The van der Waals surface area contributed by atoms with E-state index in [0.717, 1.165) is 12.1 Å². The highest BCUT2D eigenvalue weighted by molar-refractivity contribution is 5.76. The van der Waals surface area contributed by atoms with Gasteiger partial charge in [-0.05, 0) is 24.1 Å². The summed E-state index contributed by atoms with van der Waals surface area (Å²) in [5, 5.41) is 8.90. The van der Waals surface area contributed by atoms with Gasteiger partial charge >= 0.3 is 12.1 Å². The number of alkyl halides is 3. The van der Waals surface area contributed by atoms with Gasteiger partial charge in [0.2, 0.25) is 0 Å². The van der Waals surface area contributed by atoms with Crippen LogP contribution in [0.3, 0.4) is 0 Å². The van der Waals surface area contributed by atoms with Gasteiger partial charge in [-0.1, -0.05) is 0 Å². The van der Waals surface area contributed by atoms with Crippen LogP contribution < -0.4 is 0 Å². The second-order valence-electron chi connectivity index (χ2n) is 5.12. The minimum Gasteiger partial charge on any atom is -0.481 e. The zero-order valence-corrected chi connectivity index (χ0v) is 10.8. The Labute approximate surface area is 117 Å². The summed E-state index contributed by atoms with van der Waals surface area (Å²) in [7, 11) is 0. The SMILES string of the molecule is O=C(O)C1(C(F)(F)F)CCN(Cc2cc(F)cc(F)c2)C1. The van der Waals surface area contributed by atoms with Gasteiger partial charge in [0, 0.05) is 25.7 Å². The van der Waals surface area contributed by atoms with Crippen LogP contribution in [0.5, 0.6) is 0 Å². The van der Waals surface area contributed by atoms with Crippen molar-refractivity contribution in [2.75, 3.05) is 13.1 Å². The summed E-state index contributed by atoms with van der Waals surface area (Å²) in [4.78, 5) is 12.2. The predicted octanol–water partition coefficient (Wildman–Crippen LogP) is 2.80. The molecule has 2 rings (SSSR count). The lowest BCUT2D eigenvalue weighted by atomic mass is 9.86. The number of hydrogen-bond acceptors (Lipinski definition) is 2. The Hall–Kier alpha value is -1.70. The van der Waals surface area contributed by atoms with Crippen LogP contribution in [0.1, 0.15) is 12.0 Å². The summed E-state index contributed by atoms with van der Waals surface area (Å²) >= 11 is 0. The lowest BCUT2D eigenvalue weighted by molar-refractivity contribution is -0.227. The summed E-state index contributed by atoms with van der Waals surface area (Å²) in [6, 6.07) is 2.68. The van der Waals surface area contributed by atoms with Crippen LogP contribution in [-0.4, -0.2) is 35.2 Å². The standard InChI is InChI=1S/C13H12F5NO2/c14-9-3-8(4-10(15)5-9)6-19-2-1-12(7-19,11(20)21)13(16,17)18/h3-5H,1-2,6-7H2,(H,20,21). The van der Waals surface area contributed by atoms with E-state index in [4.69, 9.17) is 5.11 Å². The molecule has 0 radical (unpaired) electrons. The molecule has 1 saturated heterocycles. The number of benzene rings is 1. The van der Waals surface area contributed by atoms with Crippen molar-refractivity contribution in [1.82, 2.24) is 4.90 Å². The van der Waals surface area contributed by atoms with E-state index < -0.39 is 42.2 Å². The molecule has 3 nitrogen and oxygen atoms in total. The first-order chi connectivity index (χ1) is 9.64. The van der Waals surface area contributed by atoms with Crippen LogP contribution in [0.15, 0.2) is 18.2 Å². The number of carboxylic acids is 1. The molecule has 0 amide bonds. The average Bonchev–Trinajstić information content (AvgIpc) is 2.72. The maximum absolute atomic E-state index is 13.0. The Bertz CT molecular complexity index is 540. The topological polar surface area (TPSA) is 40.5 Å². The molecule has 0 saturated carbocycles. The minimum absolute atomic E-state index is 0.107. The molecule has 0 bridgehead atoms. The number of halogens is 5. The molecule has 0 spiro atoms. The molecule has 1 atom stereocenters. The first-order valence-corrected chi connectivity index (χ1v) is 6.11. The van der Waals surface area contributed by atoms with E-state index in [-0.39, 0.29) is 18.7 Å². The van der Waals surface area contributed by atoms with Gasteiger partial charge in [-0.2, -0.15) is 13.2 Å². The fourth-order valence-electron chi connectivity index (χ4n) is 2.51. The van der Waals surface area contributed by atoms with Crippen LogP contribution in [0.25, 0.3) is 0 Å². The van der Waals surface area contributed by atoms with Crippen molar-refractivity contribution in [1.29, 1.82) is 0 Å². The number of carbonyl (C=O) groups is 1. The van der Waals surface area contributed by atoms with Gasteiger partial charge in [0.1, 0.15) is 11.6 Å². The number of rotatable bonds is 3. The second-order valence-corrected chi connectivity index (χ2v) is 5.12. The second kappa shape index (κ2) is 5.25. The maximum atomic E-state index is 13.0. The molecule has 1 aliphatic heterocycles. The average molecular weight is 309 g/mol. The molecule has 116 valence electrons. The number of carboxylic acid groups (broad SMARTS) is 1. The smallest absolute Gasteiger partial charge is 0.406 e. The number of likely N-dealkylation sites (tertiary alicyclic amines) is 1. The summed E-state index contributed by atoms with van der Waals surface area (Å²) in [6.07, 6.45) is -5.45. The van der Waals surface area contributed by atoms with Crippen LogP contribution in [0, 0.1) is 17.0 Å². The third kappa shape index (κ3) is 2.99. The van der Waals surface area contributed by atoms with Crippen molar-refractivity contribution < 1.29 is 31.9 Å². The van der Waals surface area contributed by atoms with Gasteiger partial charge < -0.3 is 5.11 Å². The molecule has 0 aromatic heterocycles. The molecule has 0 aliphatic carbocycles. The van der Waals surface area contributed by atoms with Gasteiger partial charge in [0.05, 0.1) is 0 Å². The first kappa shape index (κ1) is 15.7. The van der Waals surface area contributed by atoms with Crippen LogP contribution >= 0.6 is 0 Å². The molecular weight excluding hydrogens is 297 g/mol. The Kier molecular flexibility index (Phi) is 3.92. The molecular formula is C13H12F5NO2. The van der Waals surface area contributed by atoms with Crippen molar-refractivity contribution in [2.45, 2.75) is 19.1 Å². The highest BCUT2D eigenvalue weighted by Gasteiger charge is 2.63. The van der Waals surface area contributed by atoms with Crippen molar-refractivity contribution in [3.05, 3.63) is 35.4 Å². The maximum Gasteiger partial charge on any atom is 0.406 e. The Balaban J connectivity index is 2.16. The van der Waals surface area contributed by atoms with Gasteiger partial charge in [0.15, 0.2) is 5.41 Å². The predicted molar refractivity (Wildman–Crippen MR) is 62.4 cm³/mol. The molecule has 1 aromatic rings. The van der Waals surface area contributed by atoms with Gasteiger partial charge in [-0.3, -0.25) is 9.69 Å². The van der Waals surface area contributed by atoms with E-state index in [9.17, 15) is 26.7 Å². The molecule has 1 heterocycles. The quantitative estimate of drug-likeness (QED) is 0.873. The summed E-state index contributed by atoms with van der Waals surface area (Å²) < 4.78 is 65.0. The lowest BCUT2D eigenvalue weighted by Gasteiger charge is -2.27. The van der Waals surface area contributed by atoms with Crippen molar-refractivity contribution in [3.8, 4) is 0 Å². The zero-order chi connectivity index (χ0) is 15.8. The normalized spacial score (nSPS) is 23.5. The monoisotopic (exact) mass is 309 g/mol. The first-order valence-electron chi connectivity index (χ1n) is 6.11.